The topological polar surface area (TPSA) is 70.6 Å². The third-order valence-corrected chi connectivity index (χ3v) is 9.78. The lowest BCUT2D eigenvalue weighted by Gasteiger charge is -2.16. The summed E-state index contributed by atoms with van der Waals surface area (Å²) < 4.78 is 11.2. The average molecular weight is 625 g/mol. The minimum absolute atomic E-state index is 0.566. The van der Waals surface area contributed by atoms with E-state index < -0.39 is 0 Å². The zero-order chi connectivity index (χ0) is 32.6. The van der Waals surface area contributed by atoms with Gasteiger partial charge in [-0.05, 0) is 72.3 Å². The predicted octanol–water partition coefficient (Wildman–Crippen LogP) is 11.2. The minimum Gasteiger partial charge on any atom is -0.454 e. The highest BCUT2D eigenvalue weighted by Gasteiger charge is 2.22. The normalized spacial score (nSPS) is 11.6. The van der Waals surface area contributed by atoms with Crippen molar-refractivity contribution in [3.63, 3.8) is 0 Å². The Morgan fingerprint density at radius 2 is 1.20 bits per heavy atom. The third-order valence-electron chi connectivity index (χ3n) is 9.78. The molecular weight excluding hydrogens is 601 g/mol. The summed E-state index contributed by atoms with van der Waals surface area (Å²) in [6.45, 7) is 0. The number of hydrogen-bond acceptors (Lipinski definition) is 3. The van der Waals surface area contributed by atoms with Crippen LogP contribution in [-0.2, 0) is 0 Å². The van der Waals surface area contributed by atoms with Crippen molar-refractivity contribution in [2.75, 3.05) is 0 Å². The molecule has 0 aliphatic heterocycles. The summed E-state index contributed by atoms with van der Waals surface area (Å²) in [7, 11) is 0. The number of hydrogen-bond donors (Lipinski definition) is 0. The summed E-state index contributed by atoms with van der Waals surface area (Å²) in [6.07, 6.45) is 0. The van der Waals surface area contributed by atoms with Crippen molar-refractivity contribution in [1.29, 1.82) is 10.5 Å². The van der Waals surface area contributed by atoms with Gasteiger partial charge in [-0.2, -0.15) is 10.5 Å². The molecule has 3 heterocycles. The van der Waals surface area contributed by atoms with Gasteiger partial charge in [0, 0.05) is 43.6 Å². The van der Waals surface area contributed by atoms with E-state index in [9.17, 15) is 10.5 Å². The van der Waals surface area contributed by atoms with E-state index in [0.717, 1.165) is 82.7 Å². The van der Waals surface area contributed by atoms with Crippen LogP contribution in [0, 0.1) is 22.7 Å². The zero-order valence-electron chi connectivity index (χ0n) is 26.1. The molecule has 5 heteroatoms. The number of furan rings is 1. The molecule has 49 heavy (non-hydrogen) atoms. The predicted molar refractivity (Wildman–Crippen MR) is 197 cm³/mol. The van der Waals surface area contributed by atoms with E-state index in [-0.39, 0.29) is 0 Å². The van der Waals surface area contributed by atoms with Gasteiger partial charge in [0.25, 0.3) is 0 Å². The maximum atomic E-state index is 10.5. The van der Waals surface area contributed by atoms with Gasteiger partial charge >= 0.3 is 0 Å². The van der Waals surface area contributed by atoms with Crippen LogP contribution < -0.4 is 0 Å². The summed E-state index contributed by atoms with van der Waals surface area (Å²) in [4.78, 5) is 0. The molecule has 226 valence electrons. The monoisotopic (exact) mass is 624 g/mol. The van der Waals surface area contributed by atoms with Crippen molar-refractivity contribution in [2.24, 2.45) is 0 Å². The fourth-order valence-corrected chi connectivity index (χ4v) is 7.69. The van der Waals surface area contributed by atoms with Gasteiger partial charge in [0.1, 0.15) is 11.7 Å². The van der Waals surface area contributed by atoms with Gasteiger partial charge in [-0.1, -0.05) is 78.9 Å². The highest BCUT2D eigenvalue weighted by atomic mass is 16.3. The van der Waals surface area contributed by atoms with Gasteiger partial charge in [0.05, 0.1) is 45.0 Å². The van der Waals surface area contributed by atoms with Gasteiger partial charge in [-0.25, -0.2) is 0 Å². The Labute approximate surface area is 280 Å². The van der Waals surface area contributed by atoms with Crippen molar-refractivity contribution in [1.82, 2.24) is 9.13 Å². The van der Waals surface area contributed by atoms with Gasteiger partial charge in [-0.3, -0.25) is 0 Å². The molecule has 0 atom stereocenters. The Bertz CT molecular complexity index is 3070. The third kappa shape index (κ3) is 3.79. The Balaban J connectivity index is 1.26. The maximum absolute atomic E-state index is 10.5. The molecule has 10 rings (SSSR count). The van der Waals surface area contributed by atoms with Crippen LogP contribution in [0.5, 0.6) is 0 Å². The van der Waals surface area contributed by atoms with Crippen LogP contribution in [0.4, 0.5) is 0 Å². The number of benzene rings is 7. The van der Waals surface area contributed by atoms with Crippen LogP contribution in [0.1, 0.15) is 11.1 Å². The number of nitrogens with zero attached hydrogens (tertiary/aromatic N) is 4. The number of para-hydroxylation sites is 4. The summed E-state index contributed by atoms with van der Waals surface area (Å²) in [6, 6.07) is 54.1. The fraction of sp³-hybridized carbons (Fsp3) is 0. The van der Waals surface area contributed by atoms with E-state index >= 15 is 0 Å². The van der Waals surface area contributed by atoms with E-state index in [2.05, 4.69) is 112 Å². The van der Waals surface area contributed by atoms with Gasteiger partial charge in [-0.15, -0.1) is 0 Å². The number of aromatic nitrogens is 2. The highest BCUT2D eigenvalue weighted by Crippen LogP contribution is 2.43. The molecule has 0 aliphatic rings. The Kier molecular flexibility index (Phi) is 5.64. The molecule has 3 aromatic heterocycles. The first-order chi connectivity index (χ1) is 24.2. The fourth-order valence-electron chi connectivity index (χ4n) is 7.69. The molecule has 0 bridgehead atoms. The Morgan fingerprint density at radius 1 is 0.490 bits per heavy atom. The SMILES string of the molecule is N#Cc1ccc2c(c1)c1ccccc1n2-c1c(C#N)cccc1-c1ccc2oc3c(ccc4c5ccccc5n(-c5ccccc5)c43)c2c1. The molecule has 7 aromatic carbocycles. The van der Waals surface area contributed by atoms with Crippen LogP contribution >= 0.6 is 0 Å². The van der Waals surface area contributed by atoms with Crippen LogP contribution in [0.3, 0.4) is 0 Å². The number of fused-ring (bicyclic) bond motifs is 10. The van der Waals surface area contributed by atoms with Gasteiger partial charge in [0.15, 0.2) is 5.58 Å². The van der Waals surface area contributed by atoms with Crippen LogP contribution in [0.25, 0.3) is 88.1 Å². The lowest BCUT2D eigenvalue weighted by atomic mass is 9.98. The van der Waals surface area contributed by atoms with Crippen LogP contribution in [0.2, 0.25) is 0 Å². The molecule has 0 saturated carbocycles. The minimum atomic E-state index is 0.566. The molecule has 0 amide bonds. The first kappa shape index (κ1) is 27.1. The maximum Gasteiger partial charge on any atom is 0.160 e. The summed E-state index contributed by atoms with van der Waals surface area (Å²) in [5.74, 6) is 0. The summed E-state index contributed by atoms with van der Waals surface area (Å²) in [5, 5.41) is 26.5. The van der Waals surface area contributed by atoms with E-state index in [1.807, 2.05) is 54.6 Å². The Hall–Kier alpha value is -7.08. The van der Waals surface area contributed by atoms with Crippen molar-refractivity contribution < 1.29 is 4.42 Å². The molecule has 5 nitrogen and oxygen atoms in total. The summed E-state index contributed by atoms with van der Waals surface area (Å²) in [5.41, 5.74) is 10.7. The Morgan fingerprint density at radius 3 is 2.00 bits per heavy atom. The molecule has 0 aliphatic carbocycles. The quantitative estimate of drug-likeness (QED) is 0.196. The van der Waals surface area contributed by atoms with Crippen LogP contribution in [0.15, 0.2) is 150 Å². The molecular formula is C44H24N4O. The first-order valence-electron chi connectivity index (χ1n) is 16.1. The van der Waals surface area contributed by atoms with Crippen molar-refractivity contribution in [3.8, 4) is 34.6 Å². The van der Waals surface area contributed by atoms with E-state index in [4.69, 9.17) is 4.42 Å². The second kappa shape index (κ2) is 10.2. The largest absolute Gasteiger partial charge is 0.454 e. The molecule has 0 N–H and O–H groups in total. The first-order valence-corrected chi connectivity index (χ1v) is 16.1. The van der Waals surface area contributed by atoms with Crippen LogP contribution in [-0.4, -0.2) is 9.13 Å². The smallest absolute Gasteiger partial charge is 0.160 e. The lowest BCUT2D eigenvalue weighted by molar-refractivity contribution is 0.671. The molecule has 0 fully saturated rings. The summed E-state index contributed by atoms with van der Waals surface area (Å²) >= 11 is 0. The van der Waals surface area contributed by atoms with Crippen molar-refractivity contribution in [3.05, 3.63) is 157 Å². The molecule has 0 unspecified atom stereocenters. The standard InChI is InChI=1S/C44H24N4O/c45-25-27-17-21-40-36(23-27)33-13-5-7-16-39(33)48(40)42-29(26-46)9-8-14-31(42)28-18-22-41-37(24-28)35-20-19-34-32-12-4-6-15-38(32)47(43(34)44(35)49-41)30-10-2-1-3-11-30/h1-24H. The molecule has 0 saturated heterocycles. The van der Waals surface area contributed by atoms with E-state index in [0.29, 0.717) is 11.1 Å². The second-order valence-corrected chi connectivity index (χ2v) is 12.3. The number of nitriles is 2. The number of rotatable bonds is 3. The van der Waals surface area contributed by atoms with Gasteiger partial charge in [0.2, 0.25) is 0 Å². The van der Waals surface area contributed by atoms with Crippen molar-refractivity contribution >= 4 is 65.6 Å². The molecule has 0 spiro atoms. The average Bonchev–Trinajstić information content (AvgIpc) is 3.82. The highest BCUT2D eigenvalue weighted by molar-refractivity contribution is 6.22. The zero-order valence-corrected chi connectivity index (χ0v) is 26.1. The molecule has 0 radical (unpaired) electrons. The lowest BCUT2D eigenvalue weighted by Crippen LogP contribution is -2.00. The van der Waals surface area contributed by atoms with Gasteiger partial charge < -0.3 is 13.6 Å². The van der Waals surface area contributed by atoms with E-state index in [1.165, 1.54) is 5.39 Å². The van der Waals surface area contributed by atoms with Crippen molar-refractivity contribution in [2.45, 2.75) is 0 Å². The van der Waals surface area contributed by atoms with E-state index in [1.54, 1.807) is 0 Å². The molecule has 10 aromatic rings. The second-order valence-electron chi connectivity index (χ2n) is 12.3.